The normalized spacial score (nSPS) is 20.2. The van der Waals surface area contributed by atoms with Crippen LogP contribution in [0.1, 0.15) is 84.4 Å². The number of fused-ring (bicyclic) bond motifs is 2. The molecule has 2 aliphatic rings. The molecule has 1 atom stereocenters. The van der Waals surface area contributed by atoms with Crippen molar-refractivity contribution in [3.63, 3.8) is 0 Å². The second kappa shape index (κ2) is 6.69. The number of allylic oxidation sites excluding steroid dienone is 1. The van der Waals surface area contributed by atoms with Crippen LogP contribution in [0.25, 0.3) is 6.08 Å². The van der Waals surface area contributed by atoms with Crippen molar-refractivity contribution in [3.8, 4) is 0 Å². The van der Waals surface area contributed by atoms with Gasteiger partial charge in [-0.25, -0.2) is 0 Å². The number of hydrogen-bond acceptors (Lipinski definition) is 3. The van der Waals surface area contributed by atoms with Crippen molar-refractivity contribution in [2.75, 3.05) is 4.90 Å². The maximum Gasteiger partial charge on any atom is 0.197 e. The first-order valence-electron chi connectivity index (χ1n) is 10.5. The van der Waals surface area contributed by atoms with E-state index in [1.807, 2.05) is 0 Å². The summed E-state index contributed by atoms with van der Waals surface area (Å²) in [5, 5.41) is 0. The zero-order valence-electron chi connectivity index (χ0n) is 18.2. The van der Waals surface area contributed by atoms with Crippen molar-refractivity contribution in [2.45, 2.75) is 65.5 Å². The standard InChI is InChI=1S/C26H29NO2/c1-15(2)27-23-11-16(3)18(12-21(23)17(4)14-26(27,5)6)13-22-24(28)19-9-7-8-10-20(19)25(22)29/h7-13,15,17H,14H2,1-6H3/t17-/m0/s1. The molecule has 0 aromatic heterocycles. The number of rotatable bonds is 2. The first-order valence-corrected chi connectivity index (χ1v) is 10.5. The van der Waals surface area contributed by atoms with Crippen LogP contribution >= 0.6 is 0 Å². The van der Waals surface area contributed by atoms with Crippen LogP contribution in [0.15, 0.2) is 42.0 Å². The maximum atomic E-state index is 12.8. The van der Waals surface area contributed by atoms with Crippen LogP contribution in [0, 0.1) is 6.92 Å². The van der Waals surface area contributed by atoms with Gasteiger partial charge in [0.05, 0.1) is 5.57 Å². The van der Waals surface area contributed by atoms with Gasteiger partial charge in [-0.1, -0.05) is 31.2 Å². The fraction of sp³-hybridized carbons (Fsp3) is 0.385. The van der Waals surface area contributed by atoms with Crippen LogP contribution in [0.4, 0.5) is 5.69 Å². The molecule has 2 aromatic rings. The Balaban J connectivity index is 1.83. The van der Waals surface area contributed by atoms with E-state index in [0.29, 0.717) is 23.1 Å². The number of ketones is 2. The fourth-order valence-electron chi connectivity index (χ4n) is 5.31. The van der Waals surface area contributed by atoms with Crippen molar-refractivity contribution in [1.29, 1.82) is 0 Å². The Kier molecular flexibility index (Phi) is 4.53. The topological polar surface area (TPSA) is 37.4 Å². The van der Waals surface area contributed by atoms with Gasteiger partial charge in [-0.05, 0) is 81.9 Å². The summed E-state index contributed by atoms with van der Waals surface area (Å²) in [6, 6.07) is 11.9. The lowest BCUT2D eigenvalue weighted by Crippen LogP contribution is -2.51. The molecule has 0 unspecified atom stereocenters. The molecule has 1 aliphatic heterocycles. The number of aryl methyl sites for hydroxylation is 1. The second-order valence-electron chi connectivity index (χ2n) is 9.41. The van der Waals surface area contributed by atoms with Crippen molar-refractivity contribution < 1.29 is 9.59 Å². The van der Waals surface area contributed by atoms with Gasteiger partial charge in [0.15, 0.2) is 11.6 Å². The molecule has 0 saturated carbocycles. The van der Waals surface area contributed by atoms with Gasteiger partial charge >= 0.3 is 0 Å². The minimum atomic E-state index is -0.166. The largest absolute Gasteiger partial charge is 0.364 e. The highest BCUT2D eigenvalue weighted by molar-refractivity contribution is 6.41. The molecule has 1 aliphatic carbocycles. The van der Waals surface area contributed by atoms with Gasteiger partial charge in [-0.2, -0.15) is 0 Å². The van der Waals surface area contributed by atoms with Crippen LogP contribution in [0.2, 0.25) is 0 Å². The molecule has 3 heteroatoms. The van der Waals surface area contributed by atoms with Gasteiger partial charge in [0.25, 0.3) is 0 Å². The van der Waals surface area contributed by atoms with Crippen LogP contribution in [-0.4, -0.2) is 23.1 Å². The van der Waals surface area contributed by atoms with Crippen LogP contribution < -0.4 is 4.90 Å². The lowest BCUT2D eigenvalue weighted by atomic mass is 9.78. The molecule has 29 heavy (non-hydrogen) atoms. The molecule has 0 radical (unpaired) electrons. The van der Waals surface area contributed by atoms with E-state index in [4.69, 9.17) is 0 Å². The highest BCUT2D eigenvalue weighted by Gasteiger charge is 2.38. The van der Waals surface area contributed by atoms with Crippen molar-refractivity contribution >= 4 is 23.3 Å². The number of nitrogens with zero attached hydrogens (tertiary/aromatic N) is 1. The number of carbonyl (C=O) groups excluding carboxylic acids is 2. The maximum absolute atomic E-state index is 12.8. The van der Waals surface area contributed by atoms with Gasteiger partial charge < -0.3 is 4.90 Å². The molecule has 1 heterocycles. The third kappa shape index (κ3) is 3.04. The van der Waals surface area contributed by atoms with E-state index in [1.165, 1.54) is 11.3 Å². The molecule has 0 spiro atoms. The van der Waals surface area contributed by atoms with Gasteiger partial charge in [0.2, 0.25) is 0 Å². The molecule has 0 bridgehead atoms. The Labute approximate surface area is 173 Å². The summed E-state index contributed by atoms with van der Waals surface area (Å²) in [6.07, 6.45) is 2.87. The highest BCUT2D eigenvalue weighted by atomic mass is 16.2. The minimum Gasteiger partial charge on any atom is -0.364 e. The zero-order chi connectivity index (χ0) is 21.1. The smallest absolute Gasteiger partial charge is 0.197 e. The molecular formula is C26H29NO2. The summed E-state index contributed by atoms with van der Waals surface area (Å²) >= 11 is 0. The number of carbonyl (C=O) groups is 2. The SMILES string of the molecule is Cc1cc2c(cc1C=C1C(=O)c3ccccc3C1=O)[C@@H](C)CC(C)(C)N2C(C)C. The molecule has 4 rings (SSSR count). The van der Waals surface area contributed by atoms with Crippen molar-refractivity contribution in [2.24, 2.45) is 0 Å². The molecule has 2 aromatic carbocycles. The average Bonchev–Trinajstić information content (AvgIpc) is 2.87. The Bertz CT molecular complexity index is 1020. The lowest BCUT2D eigenvalue weighted by molar-refractivity contribution is 0.0990. The van der Waals surface area contributed by atoms with Crippen molar-refractivity contribution in [3.05, 3.63) is 69.8 Å². The first kappa shape index (κ1) is 19.6. The number of Topliss-reactive ketones (excluding diaryl/α,β-unsaturated/α-hetero) is 2. The Morgan fingerprint density at radius 3 is 2.21 bits per heavy atom. The molecular weight excluding hydrogens is 358 g/mol. The van der Waals surface area contributed by atoms with E-state index in [1.54, 1.807) is 30.3 Å². The Morgan fingerprint density at radius 1 is 1.07 bits per heavy atom. The summed E-state index contributed by atoms with van der Waals surface area (Å²) in [5.41, 5.74) is 6.01. The molecule has 0 fully saturated rings. The van der Waals surface area contributed by atoms with E-state index in [0.717, 1.165) is 17.5 Å². The number of benzene rings is 2. The Morgan fingerprint density at radius 2 is 1.66 bits per heavy atom. The first-order chi connectivity index (χ1) is 13.6. The Hall–Kier alpha value is -2.68. The third-order valence-electron chi connectivity index (χ3n) is 6.39. The summed E-state index contributed by atoms with van der Waals surface area (Å²) < 4.78 is 0. The van der Waals surface area contributed by atoms with E-state index < -0.39 is 0 Å². The number of anilines is 1. The van der Waals surface area contributed by atoms with Crippen LogP contribution in [0.3, 0.4) is 0 Å². The second-order valence-corrected chi connectivity index (χ2v) is 9.41. The molecule has 3 nitrogen and oxygen atoms in total. The molecule has 0 saturated heterocycles. The van der Waals surface area contributed by atoms with Gasteiger partial charge in [-0.3, -0.25) is 9.59 Å². The monoisotopic (exact) mass is 387 g/mol. The minimum absolute atomic E-state index is 0.0893. The highest BCUT2D eigenvalue weighted by Crippen LogP contribution is 2.45. The van der Waals surface area contributed by atoms with Gasteiger partial charge in [0, 0.05) is 28.4 Å². The van der Waals surface area contributed by atoms with E-state index in [-0.39, 0.29) is 22.7 Å². The summed E-state index contributed by atoms with van der Waals surface area (Å²) in [5.74, 6) is 0.0846. The third-order valence-corrected chi connectivity index (χ3v) is 6.39. The lowest BCUT2D eigenvalue weighted by Gasteiger charge is -2.50. The predicted octanol–water partition coefficient (Wildman–Crippen LogP) is 5.96. The quantitative estimate of drug-likeness (QED) is 0.471. The van der Waals surface area contributed by atoms with Crippen LogP contribution in [-0.2, 0) is 0 Å². The van der Waals surface area contributed by atoms with E-state index >= 15 is 0 Å². The summed E-state index contributed by atoms with van der Waals surface area (Å²) in [7, 11) is 0. The summed E-state index contributed by atoms with van der Waals surface area (Å²) in [6.45, 7) is 13.4. The van der Waals surface area contributed by atoms with Gasteiger partial charge in [0.1, 0.15) is 0 Å². The van der Waals surface area contributed by atoms with Crippen LogP contribution in [0.5, 0.6) is 0 Å². The van der Waals surface area contributed by atoms with Gasteiger partial charge in [-0.15, -0.1) is 0 Å². The average molecular weight is 388 g/mol. The summed E-state index contributed by atoms with van der Waals surface area (Å²) in [4.78, 5) is 28.1. The van der Waals surface area contributed by atoms with Crippen molar-refractivity contribution in [1.82, 2.24) is 0 Å². The number of hydrogen-bond donors (Lipinski definition) is 0. The van der Waals surface area contributed by atoms with E-state index in [2.05, 4.69) is 58.6 Å². The fourth-order valence-corrected chi connectivity index (χ4v) is 5.31. The zero-order valence-corrected chi connectivity index (χ0v) is 18.2. The molecule has 150 valence electrons. The van der Waals surface area contributed by atoms with E-state index in [9.17, 15) is 9.59 Å². The predicted molar refractivity (Wildman–Crippen MR) is 119 cm³/mol. The molecule has 0 amide bonds. The molecule has 0 N–H and O–H groups in total.